The fourth-order valence-electron chi connectivity index (χ4n) is 5.00. The summed E-state index contributed by atoms with van der Waals surface area (Å²) in [6, 6.07) is 37.9. The van der Waals surface area contributed by atoms with Gasteiger partial charge in [-0.15, -0.1) is 0 Å². The van der Waals surface area contributed by atoms with Crippen molar-refractivity contribution in [2.45, 2.75) is 0 Å². The molecular weight excluding hydrogens is 378 g/mol. The minimum Gasteiger partial charge on any atom is -0.363 e. The number of hydrogen-bond donors (Lipinski definition) is 0. The van der Waals surface area contributed by atoms with Crippen LogP contribution in [-0.2, 0) is 0 Å². The average molecular weight is 396 g/mol. The molecular formula is C28H17NSi. The van der Waals surface area contributed by atoms with E-state index < -0.39 is 0 Å². The fourth-order valence-corrected chi connectivity index (χ4v) is 6.35. The van der Waals surface area contributed by atoms with Crippen molar-refractivity contribution in [3.8, 4) is 0 Å². The van der Waals surface area contributed by atoms with Gasteiger partial charge >= 0.3 is 0 Å². The average Bonchev–Trinajstić information content (AvgIpc) is 3.12. The van der Waals surface area contributed by atoms with E-state index in [4.69, 9.17) is 0 Å². The molecule has 0 unspecified atom stereocenters. The first kappa shape index (κ1) is 16.2. The molecule has 1 heterocycles. The van der Waals surface area contributed by atoms with Gasteiger partial charge in [0.05, 0.1) is 0 Å². The van der Waals surface area contributed by atoms with Crippen molar-refractivity contribution in [2.24, 2.45) is 0 Å². The molecule has 0 aliphatic rings. The predicted octanol–water partition coefficient (Wildman–Crippen LogP) is 6.48. The van der Waals surface area contributed by atoms with Gasteiger partial charge in [-0.05, 0) is 49.6 Å². The van der Waals surface area contributed by atoms with Crippen LogP contribution < -0.4 is 5.19 Å². The largest absolute Gasteiger partial charge is 0.363 e. The Hall–Kier alpha value is -3.62. The number of nitrogens with zero attached hydrogens (tertiary/aromatic N) is 1. The van der Waals surface area contributed by atoms with Gasteiger partial charge in [0.25, 0.3) is 0 Å². The van der Waals surface area contributed by atoms with Crippen LogP contribution in [0.25, 0.3) is 54.1 Å². The number of hydrogen-bond acceptors (Lipinski definition) is 0. The van der Waals surface area contributed by atoms with Crippen molar-refractivity contribution in [1.29, 1.82) is 0 Å². The molecule has 0 spiro atoms. The molecule has 1 nitrogen and oxygen atoms in total. The molecule has 2 radical (unpaired) electrons. The van der Waals surface area contributed by atoms with Crippen molar-refractivity contribution in [2.75, 3.05) is 0 Å². The highest BCUT2D eigenvalue weighted by molar-refractivity contribution is 6.59. The Kier molecular flexibility index (Phi) is 3.21. The number of aromatic nitrogens is 1. The van der Waals surface area contributed by atoms with E-state index >= 15 is 0 Å². The number of para-hydroxylation sites is 2. The van der Waals surface area contributed by atoms with E-state index in [1.54, 1.807) is 0 Å². The molecule has 0 saturated heterocycles. The third-order valence-electron chi connectivity index (χ3n) is 6.34. The van der Waals surface area contributed by atoms with Gasteiger partial charge < -0.3 is 4.23 Å². The zero-order valence-corrected chi connectivity index (χ0v) is 17.3. The highest BCUT2D eigenvalue weighted by atomic mass is 28.2. The van der Waals surface area contributed by atoms with Crippen LogP contribution in [-0.4, -0.2) is 13.9 Å². The summed E-state index contributed by atoms with van der Waals surface area (Å²) in [6.45, 7) is 0. The van der Waals surface area contributed by atoms with Crippen molar-refractivity contribution in [3.05, 3.63) is 103 Å². The summed E-state index contributed by atoms with van der Waals surface area (Å²) in [5.74, 6) is 0. The summed E-state index contributed by atoms with van der Waals surface area (Å²) in [4.78, 5) is 0. The Labute approximate surface area is 176 Å². The molecule has 0 aliphatic heterocycles. The fraction of sp³-hybridized carbons (Fsp3) is 0. The maximum atomic E-state index is 2.50. The Balaban J connectivity index is 1.55. The van der Waals surface area contributed by atoms with Crippen LogP contribution in [0.2, 0.25) is 0 Å². The van der Waals surface area contributed by atoms with Gasteiger partial charge in [-0.1, -0.05) is 91.0 Å². The zero-order valence-electron chi connectivity index (χ0n) is 16.3. The van der Waals surface area contributed by atoms with Crippen LogP contribution >= 0.6 is 0 Å². The monoisotopic (exact) mass is 395 g/mol. The lowest BCUT2D eigenvalue weighted by molar-refractivity contribution is 1.37. The molecule has 0 atom stereocenters. The van der Waals surface area contributed by atoms with Crippen molar-refractivity contribution in [3.63, 3.8) is 0 Å². The molecule has 2 heteroatoms. The second-order valence-corrected chi connectivity index (χ2v) is 9.16. The van der Waals surface area contributed by atoms with Crippen LogP contribution in [0.5, 0.6) is 0 Å². The first-order chi connectivity index (χ1) is 14.9. The van der Waals surface area contributed by atoms with E-state index in [0.717, 1.165) is 0 Å². The topological polar surface area (TPSA) is 4.93 Å². The molecule has 0 aliphatic carbocycles. The Morgan fingerprint density at radius 1 is 0.433 bits per heavy atom. The second-order valence-electron chi connectivity index (χ2n) is 7.95. The summed E-state index contributed by atoms with van der Waals surface area (Å²) in [5.41, 5.74) is 2.62. The molecule has 7 rings (SSSR count). The van der Waals surface area contributed by atoms with E-state index in [-0.39, 0.29) is 0 Å². The van der Waals surface area contributed by atoms with Crippen LogP contribution in [0.15, 0.2) is 103 Å². The predicted molar refractivity (Wildman–Crippen MR) is 130 cm³/mol. The maximum absolute atomic E-state index is 2.50. The molecule has 7 aromatic rings. The van der Waals surface area contributed by atoms with Crippen LogP contribution in [0.1, 0.15) is 0 Å². The maximum Gasteiger partial charge on any atom is 0.227 e. The smallest absolute Gasteiger partial charge is 0.227 e. The lowest BCUT2D eigenvalue weighted by Crippen LogP contribution is -2.23. The SMILES string of the molecule is c1cc2ccc3ccc([Si]n4c5ccccc5c5ccccc54)c4ccc(c1)c2c34. The minimum atomic E-state index is 0.544. The highest BCUT2D eigenvalue weighted by Gasteiger charge is 2.15. The van der Waals surface area contributed by atoms with E-state index in [1.165, 1.54) is 59.3 Å². The summed E-state index contributed by atoms with van der Waals surface area (Å²) in [7, 11) is 0.544. The van der Waals surface area contributed by atoms with Gasteiger partial charge in [-0.25, -0.2) is 0 Å². The van der Waals surface area contributed by atoms with Gasteiger partial charge in [-0.3, -0.25) is 0 Å². The lowest BCUT2D eigenvalue weighted by Gasteiger charge is -2.14. The minimum absolute atomic E-state index is 0.544. The molecule has 0 bridgehead atoms. The van der Waals surface area contributed by atoms with Gasteiger partial charge in [-0.2, -0.15) is 0 Å². The Morgan fingerprint density at radius 2 is 1.00 bits per heavy atom. The van der Waals surface area contributed by atoms with Crippen molar-refractivity contribution in [1.82, 2.24) is 4.23 Å². The van der Waals surface area contributed by atoms with Crippen LogP contribution in [0, 0.1) is 0 Å². The normalized spacial score (nSPS) is 12.1. The van der Waals surface area contributed by atoms with Crippen LogP contribution in [0.4, 0.5) is 0 Å². The summed E-state index contributed by atoms with van der Waals surface area (Å²) in [5, 5.41) is 12.2. The number of fused-ring (bicyclic) bond motifs is 3. The van der Waals surface area contributed by atoms with E-state index in [1.807, 2.05) is 0 Å². The van der Waals surface area contributed by atoms with Crippen LogP contribution in [0.3, 0.4) is 0 Å². The summed E-state index contributed by atoms with van der Waals surface area (Å²) >= 11 is 0. The molecule has 0 fully saturated rings. The van der Waals surface area contributed by atoms with Gasteiger partial charge in [0, 0.05) is 21.8 Å². The quantitative estimate of drug-likeness (QED) is 0.233. The molecule has 0 N–H and O–H groups in total. The van der Waals surface area contributed by atoms with E-state index in [0.29, 0.717) is 9.68 Å². The van der Waals surface area contributed by atoms with Crippen molar-refractivity contribution < 1.29 is 0 Å². The van der Waals surface area contributed by atoms with Gasteiger partial charge in [0.15, 0.2) is 0 Å². The second kappa shape index (κ2) is 5.94. The molecule has 6 aromatic carbocycles. The lowest BCUT2D eigenvalue weighted by atomic mass is 9.94. The number of rotatable bonds is 2. The third-order valence-corrected chi connectivity index (χ3v) is 7.72. The van der Waals surface area contributed by atoms with Crippen molar-refractivity contribution >= 4 is 69.0 Å². The molecule has 1 aromatic heterocycles. The highest BCUT2D eigenvalue weighted by Crippen LogP contribution is 2.34. The third kappa shape index (κ3) is 2.11. The molecule has 0 amide bonds. The van der Waals surface area contributed by atoms with Gasteiger partial charge in [0.2, 0.25) is 9.68 Å². The summed E-state index contributed by atoms with van der Waals surface area (Å²) in [6.07, 6.45) is 0. The zero-order chi connectivity index (χ0) is 19.7. The summed E-state index contributed by atoms with van der Waals surface area (Å²) < 4.78 is 2.50. The first-order valence-electron chi connectivity index (χ1n) is 10.3. The standard InChI is InChI=1S/C28H17NSi/c1-3-10-24-21(8-1)22-9-2-4-11-25(22)29(24)30-26-17-15-20-13-12-18-6-5-7-19-14-16-23(26)28(20)27(18)19/h1-17H. The Morgan fingerprint density at radius 3 is 1.70 bits per heavy atom. The Bertz CT molecular complexity index is 1650. The molecule has 30 heavy (non-hydrogen) atoms. The first-order valence-corrected chi connectivity index (χ1v) is 11.2. The van der Waals surface area contributed by atoms with E-state index in [9.17, 15) is 0 Å². The van der Waals surface area contributed by atoms with Gasteiger partial charge in [0.1, 0.15) is 0 Å². The number of benzene rings is 6. The van der Waals surface area contributed by atoms with E-state index in [2.05, 4.69) is 107 Å². The molecule has 0 saturated carbocycles. The molecule has 138 valence electrons.